The van der Waals surface area contributed by atoms with Gasteiger partial charge in [-0.3, -0.25) is 0 Å². The molecule has 94 valence electrons. The summed E-state index contributed by atoms with van der Waals surface area (Å²) in [6, 6.07) is 14.8. The van der Waals surface area contributed by atoms with Gasteiger partial charge in [0.25, 0.3) is 0 Å². The topological polar surface area (TPSA) is 57.0 Å². The monoisotopic (exact) mass is 253 g/mol. The quantitative estimate of drug-likeness (QED) is 0.657. The highest BCUT2D eigenvalue weighted by Gasteiger charge is 2.14. The molecule has 0 aliphatic carbocycles. The van der Waals surface area contributed by atoms with Crippen molar-refractivity contribution in [2.24, 2.45) is 0 Å². The third kappa shape index (κ3) is 1.95. The van der Waals surface area contributed by atoms with Gasteiger partial charge in [-0.2, -0.15) is 4.80 Å². The number of esters is 1. The maximum atomic E-state index is 11.7. The first-order chi connectivity index (χ1) is 9.29. The summed E-state index contributed by atoms with van der Waals surface area (Å²) in [5.41, 5.74) is 2.46. The van der Waals surface area contributed by atoms with Crippen molar-refractivity contribution < 1.29 is 9.53 Å². The normalized spacial score (nSPS) is 10.6. The largest absolute Gasteiger partial charge is 0.465 e. The van der Waals surface area contributed by atoms with Crippen LogP contribution in [0.1, 0.15) is 10.4 Å². The van der Waals surface area contributed by atoms with E-state index in [0.717, 1.165) is 5.69 Å². The summed E-state index contributed by atoms with van der Waals surface area (Å²) < 4.78 is 4.74. The van der Waals surface area contributed by atoms with Gasteiger partial charge >= 0.3 is 5.97 Å². The first-order valence-corrected chi connectivity index (χ1v) is 5.79. The number of carbonyl (C=O) groups excluding carboxylic acids is 1. The number of aromatic nitrogens is 3. The van der Waals surface area contributed by atoms with Gasteiger partial charge in [-0.1, -0.05) is 24.3 Å². The molecule has 0 aliphatic rings. The maximum absolute atomic E-state index is 11.7. The van der Waals surface area contributed by atoms with E-state index in [0.29, 0.717) is 16.6 Å². The second kappa shape index (κ2) is 4.53. The minimum atomic E-state index is -0.411. The summed E-state index contributed by atoms with van der Waals surface area (Å²) in [5, 5.41) is 8.71. The molecule has 0 bridgehead atoms. The van der Waals surface area contributed by atoms with Gasteiger partial charge in [0.15, 0.2) is 0 Å². The molecular formula is C14H11N3O2. The highest BCUT2D eigenvalue weighted by molar-refractivity contribution is 6.01. The Kier molecular flexibility index (Phi) is 2.72. The van der Waals surface area contributed by atoms with E-state index in [4.69, 9.17) is 4.74 Å². The van der Waals surface area contributed by atoms with Crippen LogP contribution < -0.4 is 0 Å². The molecule has 19 heavy (non-hydrogen) atoms. The molecule has 0 spiro atoms. The Morgan fingerprint density at radius 2 is 1.84 bits per heavy atom. The zero-order valence-corrected chi connectivity index (χ0v) is 10.3. The highest BCUT2D eigenvalue weighted by atomic mass is 16.5. The summed E-state index contributed by atoms with van der Waals surface area (Å²) in [4.78, 5) is 13.2. The average Bonchev–Trinajstić information content (AvgIpc) is 2.91. The lowest BCUT2D eigenvalue weighted by molar-refractivity contribution is 0.0602. The van der Waals surface area contributed by atoms with E-state index in [1.54, 1.807) is 12.1 Å². The predicted octanol–water partition coefficient (Wildman–Crippen LogP) is 2.21. The second-order valence-corrected chi connectivity index (χ2v) is 3.99. The Bertz CT molecular complexity index is 735. The van der Waals surface area contributed by atoms with Gasteiger partial charge in [-0.15, -0.1) is 10.2 Å². The van der Waals surface area contributed by atoms with E-state index < -0.39 is 5.97 Å². The van der Waals surface area contributed by atoms with Crippen LogP contribution in [0.4, 0.5) is 0 Å². The van der Waals surface area contributed by atoms with Crippen LogP contribution in [-0.4, -0.2) is 28.1 Å². The molecule has 5 heteroatoms. The van der Waals surface area contributed by atoms with Crippen molar-refractivity contribution in [2.75, 3.05) is 7.11 Å². The molecule has 1 aromatic heterocycles. The Morgan fingerprint density at radius 3 is 2.58 bits per heavy atom. The molecule has 0 amide bonds. The molecule has 0 aliphatic heterocycles. The number of carbonyl (C=O) groups is 1. The van der Waals surface area contributed by atoms with Crippen LogP contribution in [0.5, 0.6) is 0 Å². The van der Waals surface area contributed by atoms with Crippen LogP contribution in [0.15, 0.2) is 48.5 Å². The lowest BCUT2D eigenvalue weighted by Gasteiger charge is -1.98. The van der Waals surface area contributed by atoms with Crippen molar-refractivity contribution in [3.05, 3.63) is 54.1 Å². The fourth-order valence-corrected chi connectivity index (χ4v) is 1.89. The van der Waals surface area contributed by atoms with Crippen molar-refractivity contribution in [2.45, 2.75) is 0 Å². The van der Waals surface area contributed by atoms with Crippen molar-refractivity contribution in [1.82, 2.24) is 15.0 Å². The van der Waals surface area contributed by atoms with E-state index in [1.165, 1.54) is 11.9 Å². The van der Waals surface area contributed by atoms with Crippen molar-refractivity contribution >= 4 is 17.0 Å². The zero-order valence-electron chi connectivity index (χ0n) is 10.3. The molecule has 0 radical (unpaired) electrons. The molecule has 0 fully saturated rings. The Balaban J connectivity index is 2.19. The summed E-state index contributed by atoms with van der Waals surface area (Å²) in [7, 11) is 1.35. The van der Waals surface area contributed by atoms with Crippen LogP contribution in [0, 0.1) is 0 Å². The van der Waals surface area contributed by atoms with Crippen LogP contribution in [0.3, 0.4) is 0 Å². The molecule has 0 saturated carbocycles. The van der Waals surface area contributed by atoms with Gasteiger partial charge in [0, 0.05) is 0 Å². The van der Waals surface area contributed by atoms with E-state index in [9.17, 15) is 4.79 Å². The first-order valence-electron chi connectivity index (χ1n) is 5.79. The molecule has 3 aromatic rings. The first kappa shape index (κ1) is 11.4. The average molecular weight is 253 g/mol. The van der Waals surface area contributed by atoms with Gasteiger partial charge in [-0.25, -0.2) is 4.79 Å². The molecule has 2 aromatic carbocycles. The van der Waals surface area contributed by atoms with Crippen molar-refractivity contribution in [1.29, 1.82) is 0 Å². The lowest BCUT2D eigenvalue weighted by atomic mass is 10.2. The van der Waals surface area contributed by atoms with Gasteiger partial charge < -0.3 is 4.74 Å². The van der Waals surface area contributed by atoms with Crippen LogP contribution in [-0.2, 0) is 4.74 Å². The summed E-state index contributed by atoms with van der Waals surface area (Å²) >= 11 is 0. The molecule has 0 N–H and O–H groups in total. The predicted molar refractivity (Wildman–Crippen MR) is 70.2 cm³/mol. The fraction of sp³-hybridized carbons (Fsp3) is 0.0714. The number of para-hydroxylation sites is 1. The van der Waals surface area contributed by atoms with Crippen molar-refractivity contribution in [3.8, 4) is 5.69 Å². The molecule has 0 atom stereocenters. The number of benzene rings is 2. The molecular weight excluding hydrogens is 242 g/mol. The van der Waals surface area contributed by atoms with Crippen LogP contribution >= 0.6 is 0 Å². The smallest absolute Gasteiger partial charge is 0.340 e. The van der Waals surface area contributed by atoms with E-state index in [2.05, 4.69) is 10.2 Å². The van der Waals surface area contributed by atoms with Crippen molar-refractivity contribution in [3.63, 3.8) is 0 Å². The minimum Gasteiger partial charge on any atom is -0.465 e. The number of fused-ring (bicyclic) bond motifs is 1. The third-order valence-electron chi connectivity index (χ3n) is 2.80. The van der Waals surface area contributed by atoms with E-state index >= 15 is 0 Å². The molecule has 3 rings (SSSR count). The van der Waals surface area contributed by atoms with Gasteiger partial charge in [0.05, 0.1) is 18.4 Å². The zero-order chi connectivity index (χ0) is 13.2. The van der Waals surface area contributed by atoms with Crippen LogP contribution in [0.25, 0.3) is 16.7 Å². The SMILES string of the molecule is COC(=O)c1cccc2nn(-c3ccccc3)nc12. The standard InChI is InChI=1S/C14H11N3O2/c1-19-14(18)11-8-5-9-12-13(11)16-17(15-12)10-6-3-2-4-7-10/h2-9H,1H3. The second-order valence-electron chi connectivity index (χ2n) is 3.99. The molecule has 0 saturated heterocycles. The summed E-state index contributed by atoms with van der Waals surface area (Å²) in [6.07, 6.45) is 0. The number of rotatable bonds is 2. The molecule has 5 nitrogen and oxygen atoms in total. The van der Waals surface area contributed by atoms with Gasteiger partial charge in [-0.05, 0) is 24.3 Å². The van der Waals surface area contributed by atoms with Gasteiger partial charge in [0.1, 0.15) is 11.0 Å². The Hall–Kier alpha value is -2.69. The molecule has 0 unspecified atom stereocenters. The maximum Gasteiger partial charge on any atom is 0.340 e. The molecule has 1 heterocycles. The fourth-order valence-electron chi connectivity index (χ4n) is 1.89. The number of hydrogen-bond acceptors (Lipinski definition) is 4. The van der Waals surface area contributed by atoms with Crippen LogP contribution in [0.2, 0.25) is 0 Å². The number of hydrogen-bond donors (Lipinski definition) is 0. The summed E-state index contributed by atoms with van der Waals surface area (Å²) in [6.45, 7) is 0. The highest BCUT2D eigenvalue weighted by Crippen LogP contribution is 2.17. The van der Waals surface area contributed by atoms with E-state index in [1.807, 2.05) is 36.4 Å². The number of methoxy groups -OCH3 is 1. The number of nitrogens with zero attached hydrogens (tertiary/aromatic N) is 3. The number of ether oxygens (including phenoxy) is 1. The van der Waals surface area contributed by atoms with Gasteiger partial charge in [0.2, 0.25) is 0 Å². The lowest BCUT2D eigenvalue weighted by Crippen LogP contribution is -2.02. The summed E-state index contributed by atoms with van der Waals surface area (Å²) in [5.74, 6) is -0.411. The minimum absolute atomic E-state index is 0.411. The Labute approximate surface area is 109 Å². The Morgan fingerprint density at radius 1 is 1.05 bits per heavy atom. The van der Waals surface area contributed by atoms with E-state index in [-0.39, 0.29) is 0 Å². The third-order valence-corrected chi connectivity index (χ3v) is 2.80.